The van der Waals surface area contributed by atoms with Crippen LogP contribution >= 0.6 is 0 Å². The van der Waals surface area contributed by atoms with Crippen molar-refractivity contribution in [3.63, 3.8) is 0 Å². The summed E-state index contributed by atoms with van der Waals surface area (Å²) < 4.78 is 13.0. The van der Waals surface area contributed by atoms with Crippen molar-refractivity contribution in [3.8, 4) is 0 Å². The van der Waals surface area contributed by atoms with E-state index in [9.17, 15) is 14.0 Å². The Labute approximate surface area is 122 Å². The molecule has 5 heteroatoms. The van der Waals surface area contributed by atoms with E-state index in [1.165, 1.54) is 18.2 Å². The lowest BCUT2D eigenvalue weighted by molar-refractivity contribution is -0.136. The molecule has 0 heterocycles. The van der Waals surface area contributed by atoms with Crippen LogP contribution in [0.25, 0.3) is 0 Å². The number of amides is 2. The van der Waals surface area contributed by atoms with E-state index < -0.39 is 17.6 Å². The van der Waals surface area contributed by atoms with Gasteiger partial charge in [0, 0.05) is 12.2 Å². The summed E-state index contributed by atoms with van der Waals surface area (Å²) in [5.41, 5.74) is 2.21. The zero-order chi connectivity index (χ0) is 15.2. The van der Waals surface area contributed by atoms with Gasteiger partial charge in [0.2, 0.25) is 0 Å². The van der Waals surface area contributed by atoms with E-state index in [1.807, 2.05) is 31.2 Å². The van der Waals surface area contributed by atoms with Gasteiger partial charge in [-0.25, -0.2) is 4.39 Å². The van der Waals surface area contributed by atoms with Gasteiger partial charge in [-0.2, -0.15) is 0 Å². The summed E-state index contributed by atoms with van der Waals surface area (Å²) >= 11 is 0. The molecule has 2 amide bonds. The van der Waals surface area contributed by atoms with Gasteiger partial charge in [-0.15, -0.1) is 0 Å². The number of hydrogen-bond acceptors (Lipinski definition) is 2. The van der Waals surface area contributed by atoms with E-state index in [2.05, 4.69) is 10.6 Å². The van der Waals surface area contributed by atoms with Crippen LogP contribution in [0.2, 0.25) is 0 Å². The molecular formula is C16H15FN2O2. The Morgan fingerprint density at radius 3 is 2.52 bits per heavy atom. The van der Waals surface area contributed by atoms with Crippen molar-refractivity contribution < 1.29 is 14.0 Å². The maximum atomic E-state index is 13.0. The molecule has 0 fully saturated rings. The monoisotopic (exact) mass is 286 g/mol. The fourth-order valence-electron chi connectivity index (χ4n) is 1.82. The van der Waals surface area contributed by atoms with Gasteiger partial charge in [-0.3, -0.25) is 9.59 Å². The summed E-state index contributed by atoms with van der Waals surface area (Å²) in [5, 5.41) is 4.87. The molecule has 0 radical (unpaired) electrons. The summed E-state index contributed by atoms with van der Waals surface area (Å²) in [4.78, 5) is 23.4. The predicted octanol–water partition coefficient (Wildman–Crippen LogP) is 2.39. The zero-order valence-corrected chi connectivity index (χ0v) is 11.5. The molecule has 0 aliphatic heterocycles. The van der Waals surface area contributed by atoms with E-state index in [1.54, 1.807) is 0 Å². The minimum absolute atomic E-state index is 0.242. The Hall–Kier alpha value is -2.69. The molecule has 2 N–H and O–H groups in total. The molecule has 0 spiro atoms. The molecule has 21 heavy (non-hydrogen) atoms. The van der Waals surface area contributed by atoms with Gasteiger partial charge in [-0.1, -0.05) is 30.3 Å². The second-order valence-electron chi connectivity index (χ2n) is 4.57. The van der Waals surface area contributed by atoms with Crippen LogP contribution in [-0.2, 0) is 16.1 Å². The summed E-state index contributed by atoms with van der Waals surface area (Å²) in [6, 6.07) is 12.9. The first-order valence-corrected chi connectivity index (χ1v) is 6.45. The van der Waals surface area contributed by atoms with Crippen LogP contribution in [0.3, 0.4) is 0 Å². The summed E-state index contributed by atoms with van der Waals surface area (Å²) in [5.74, 6) is -2.06. The molecule has 0 aromatic heterocycles. The summed E-state index contributed by atoms with van der Waals surface area (Å²) in [6.07, 6.45) is 0. The molecule has 0 aliphatic carbocycles. The maximum Gasteiger partial charge on any atom is 0.313 e. The molecule has 0 atom stereocenters. The molecule has 2 aromatic rings. The van der Waals surface area contributed by atoms with Crippen molar-refractivity contribution in [3.05, 3.63) is 65.5 Å². The van der Waals surface area contributed by atoms with Crippen LogP contribution in [-0.4, -0.2) is 11.8 Å². The standard InChI is InChI=1S/C16H15FN2O2/c1-11-5-2-3-6-12(11)10-18-15(20)16(21)19-14-8-4-7-13(17)9-14/h2-9H,10H2,1H3,(H,18,20)(H,19,21). The molecule has 0 bridgehead atoms. The predicted molar refractivity (Wildman–Crippen MR) is 78.1 cm³/mol. The fourth-order valence-corrected chi connectivity index (χ4v) is 1.82. The number of carbonyl (C=O) groups is 2. The maximum absolute atomic E-state index is 13.0. The van der Waals surface area contributed by atoms with Gasteiger partial charge in [-0.05, 0) is 36.2 Å². The largest absolute Gasteiger partial charge is 0.344 e. The SMILES string of the molecule is Cc1ccccc1CNC(=O)C(=O)Nc1cccc(F)c1. The van der Waals surface area contributed by atoms with Crippen LogP contribution in [0, 0.1) is 12.7 Å². The number of hydrogen-bond donors (Lipinski definition) is 2. The lowest BCUT2D eigenvalue weighted by Crippen LogP contribution is -2.35. The van der Waals surface area contributed by atoms with Gasteiger partial charge in [0.15, 0.2) is 0 Å². The molecule has 0 saturated heterocycles. The summed E-state index contributed by atoms with van der Waals surface area (Å²) in [6.45, 7) is 2.19. The lowest BCUT2D eigenvalue weighted by atomic mass is 10.1. The van der Waals surface area contributed by atoms with Crippen molar-refractivity contribution in [2.24, 2.45) is 0 Å². The highest BCUT2D eigenvalue weighted by Crippen LogP contribution is 2.09. The summed E-state index contributed by atoms with van der Waals surface area (Å²) in [7, 11) is 0. The fraction of sp³-hybridized carbons (Fsp3) is 0.125. The minimum atomic E-state index is -0.825. The quantitative estimate of drug-likeness (QED) is 0.851. The molecule has 2 aromatic carbocycles. The number of nitrogens with one attached hydrogen (secondary N) is 2. The van der Waals surface area contributed by atoms with Gasteiger partial charge in [0.25, 0.3) is 0 Å². The lowest BCUT2D eigenvalue weighted by Gasteiger charge is -2.08. The highest BCUT2D eigenvalue weighted by Gasteiger charge is 2.13. The van der Waals surface area contributed by atoms with Crippen LogP contribution < -0.4 is 10.6 Å². The first kappa shape index (κ1) is 14.7. The van der Waals surface area contributed by atoms with E-state index >= 15 is 0 Å². The van der Waals surface area contributed by atoms with Crippen molar-refractivity contribution in [1.82, 2.24) is 5.32 Å². The molecule has 4 nitrogen and oxygen atoms in total. The Bertz CT molecular complexity index is 671. The third-order valence-corrected chi connectivity index (χ3v) is 2.99. The number of carbonyl (C=O) groups excluding carboxylic acids is 2. The van der Waals surface area contributed by atoms with Crippen molar-refractivity contribution in [2.45, 2.75) is 13.5 Å². The van der Waals surface area contributed by atoms with Gasteiger partial charge < -0.3 is 10.6 Å². The van der Waals surface area contributed by atoms with E-state index in [0.717, 1.165) is 17.2 Å². The first-order chi connectivity index (χ1) is 10.1. The van der Waals surface area contributed by atoms with Crippen LogP contribution in [0.5, 0.6) is 0 Å². The van der Waals surface area contributed by atoms with E-state index in [0.29, 0.717) is 0 Å². The average Bonchev–Trinajstić information content (AvgIpc) is 2.46. The molecule has 108 valence electrons. The molecule has 0 saturated carbocycles. The molecule has 0 aliphatic rings. The average molecular weight is 286 g/mol. The van der Waals surface area contributed by atoms with Crippen LogP contribution in [0.15, 0.2) is 48.5 Å². The Morgan fingerprint density at radius 1 is 1.05 bits per heavy atom. The van der Waals surface area contributed by atoms with Gasteiger partial charge >= 0.3 is 11.8 Å². The zero-order valence-electron chi connectivity index (χ0n) is 11.5. The highest BCUT2D eigenvalue weighted by atomic mass is 19.1. The third-order valence-electron chi connectivity index (χ3n) is 2.99. The minimum Gasteiger partial charge on any atom is -0.344 e. The van der Waals surface area contributed by atoms with Crippen LogP contribution in [0.1, 0.15) is 11.1 Å². The molecule has 0 unspecified atom stereocenters. The normalized spacial score (nSPS) is 10.0. The van der Waals surface area contributed by atoms with Crippen molar-refractivity contribution in [2.75, 3.05) is 5.32 Å². The first-order valence-electron chi connectivity index (χ1n) is 6.45. The molecule has 2 rings (SSSR count). The second kappa shape index (κ2) is 6.65. The third kappa shape index (κ3) is 4.14. The van der Waals surface area contributed by atoms with E-state index in [4.69, 9.17) is 0 Å². The van der Waals surface area contributed by atoms with E-state index in [-0.39, 0.29) is 12.2 Å². The Kier molecular flexibility index (Phi) is 4.66. The van der Waals surface area contributed by atoms with Gasteiger partial charge in [0.05, 0.1) is 0 Å². The number of rotatable bonds is 3. The second-order valence-corrected chi connectivity index (χ2v) is 4.57. The highest BCUT2D eigenvalue weighted by molar-refractivity contribution is 6.39. The van der Waals surface area contributed by atoms with Crippen LogP contribution in [0.4, 0.5) is 10.1 Å². The number of halogens is 1. The van der Waals surface area contributed by atoms with Gasteiger partial charge in [0.1, 0.15) is 5.82 Å². The smallest absolute Gasteiger partial charge is 0.313 e. The number of aryl methyl sites for hydroxylation is 1. The Morgan fingerprint density at radius 2 is 1.81 bits per heavy atom. The number of benzene rings is 2. The van der Waals surface area contributed by atoms with Crippen molar-refractivity contribution >= 4 is 17.5 Å². The Balaban J connectivity index is 1.91. The molecular weight excluding hydrogens is 271 g/mol. The number of anilines is 1. The van der Waals surface area contributed by atoms with Crippen molar-refractivity contribution in [1.29, 1.82) is 0 Å². The topological polar surface area (TPSA) is 58.2 Å².